The van der Waals surface area contributed by atoms with E-state index < -0.39 is 0 Å². The van der Waals surface area contributed by atoms with Crippen LogP contribution >= 0.6 is 0 Å². The number of Topliss-reactive ketones (excluding diaryl/α,β-unsaturated/α-hetero) is 1. The molecule has 0 bridgehead atoms. The Bertz CT molecular complexity index is 591. The standard InChI is InChI=1S/C14H15N3O3/c18-12-7-13(19)17-11-6-8(3-4-9(11)16-12)14(20)10-2-1-5-15-10/h3-4,6,10,15H,1-2,5,7H2,(H,16,18)(H,17,19). The van der Waals surface area contributed by atoms with Crippen molar-refractivity contribution in [2.24, 2.45) is 0 Å². The van der Waals surface area contributed by atoms with Crippen molar-refractivity contribution in [2.75, 3.05) is 17.2 Å². The maximum absolute atomic E-state index is 12.3. The van der Waals surface area contributed by atoms with E-state index in [0.717, 1.165) is 19.4 Å². The van der Waals surface area contributed by atoms with Gasteiger partial charge >= 0.3 is 0 Å². The number of carbonyl (C=O) groups is 3. The average molecular weight is 273 g/mol. The number of ketones is 1. The average Bonchev–Trinajstić information content (AvgIpc) is 2.88. The third kappa shape index (κ3) is 2.42. The second kappa shape index (κ2) is 5.05. The Kier molecular flexibility index (Phi) is 3.23. The molecule has 2 aliphatic rings. The van der Waals surface area contributed by atoms with Crippen LogP contribution in [-0.4, -0.2) is 30.2 Å². The van der Waals surface area contributed by atoms with Gasteiger partial charge in [-0.15, -0.1) is 0 Å². The highest BCUT2D eigenvalue weighted by molar-refractivity contribution is 6.14. The van der Waals surface area contributed by atoms with Crippen molar-refractivity contribution < 1.29 is 14.4 Å². The van der Waals surface area contributed by atoms with E-state index in [0.29, 0.717) is 16.9 Å². The van der Waals surface area contributed by atoms with Gasteiger partial charge in [0.25, 0.3) is 0 Å². The van der Waals surface area contributed by atoms with E-state index in [-0.39, 0.29) is 30.1 Å². The summed E-state index contributed by atoms with van der Waals surface area (Å²) in [5, 5.41) is 8.44. The minimum atomic E-state index is -0.371. The van der Waals surface area contributed by atoms with E-state index in [9.17, 15) is 14.4 Å². The van der Waals surface area contributed by atoms with Crippen LogP contribution in [0.15, 0.2) is 18.2 Å². The quantitative estimate of drug-likeness (QED) is 0.552. The summed E-state index contributed by atoms with van der Waals surface area (Å²) in [6, 6.07) is 4.81. The van der Waals surface area contributed by atoms with Crippen molar-refractivity contribution in [2.45, 2.75) is 25.3 Å². The first-order valence-corrected chi connectivity index (χ1v) is 6.65. The largest absolute Gasteiger partial charge is 0.324 e. The van der Waals surface area contributed by atoms with Gasteiger partial charge in [0.2, 0.25) is 11.8 Å². The number of carbonyl (C=O) groups excluding carboxylic acids is 3. The topological polar surface area (TPSA) is 87.3 Å². The molecule has 0 saturated carbocycles. The van der Waals surface area contributed by atoms with Crippen molar-refractivity contribution in [1.29, 1.82) is 0 Å². The van der Waals surface area contributed by atoms with Crippen molar-refractivity contribution in [1.82, 2.24) is 5.32 Å². The Morgan fingerprint density at radius 3 is 2.55 bits per heavy atom. The number of hydrogen-bond donors (Lipinski definition) is 3. The fourth-order valence-corrected chi connectivity index (χ4v) is 2.55. The van der Waals surface area contributed by atoms with Gasteiger partial charge in [0.1, 0.15) is 6.42 Å². The molecule has 0 aliphatic carbocycles. The molecule has 0 aromatic heterocycles. The minimum Gasteiger partial charge on any atom is -0.324 e. The van der Waals surface area contributed by atoms with E-state index in [1.54, 1.807) is 18.2 Å². The van der Waals surface area contributed by atoms with Crippen molar-refractivity contribution in [3.63, 3.8) is 0 Å². The van der Waals surface area contributed by atoms with Gasteiger partial charge in [-0.25, -0.2) is 0 Å². The van der Waals surface area contributed by atoms with Gasteiger partial charge in [0.05, 0.1) is 17.4 Å². The van der Waals surface area contributed by atoms with Gasteiger partial charge in [-0.3, -0.25) is 14.4 Å². The highest BCUT2D eigenvalue weighted by Gasteiger charge is 2.25. The molecule has 1 unspecified atom stereocenters. The van der Waals surface area contributed by atoms with Crippen LogP contribution in [0.4, 0.5) is 11.4 Å². The van der Waals surface area contributed by atoms with Gasteiger partial charge in [-0.1, -0.05) is 0 Å². The molecule has 6 nitrogen and oxygen atoms in total. The zero-order chi connectivity index (χ0) is 14.1. The molecule has 1 saturated heterocycles. The minimum absolute atomic E-state index is 0.0233. The fraction of sp³-hybridized carbons (Fsp3) is 0.357. The van der Waals surface area contributed by atoms with E-state index in [1.807, 2.05) is 0 Å². The molecule has 6 heteroatoms. The Morgan fingerprint density at radius 2 is 1.85 bits per heavy atom. The second-order valence-corrected chi connectivity index (χ2v) is 5.05. The van der Waals surface area contributed by atoms with Gasteiger partial charge < -0.3 is 16.0 Å². The lowest BCUT2D eigenvalue weighted by Gasteiger charge is -2.12. The molecule has 1 fully saturated rings. The zero-order valence-electron chi connectivity index (χ0n) is 10.9. The summed E-state index contributed by atoms with van der Waals surface area (Å²) in [5.74, 6) is -0.697. The molecule has 3 N–H and O–H groups in total. The van der Waals surface area contributed by atoms with E-state index in [2.05, 4.69) is 16.0 Å². The van der Waals surface area contributed by atoms with Crippen LogP contribution < -0.4 is 16.0 Å². The molecule has 0 spiro atoms. The first kappa shape index (κ1) is 12.8. The Hall–Kier alpha value is -2.21. The van der Waals surface area contributed by atoms with Crippen LogP contribution in [0.25, 0.3) is 0 Å². The lowest BCUT2D eigenvalue weighted by atomic mass is 10.0. The maximum Gasteiger partial charge on any atom is 0.233 e. The summed E-state index contributed by atoms with van der Waals surface area (Å²) in [7, 11) is 0. The molecule has 2 aliphatic heterocycles. The summed E-state index contributed by atoms with van der Waals surface area (Å²) in [5.41, 5.74) is 1.54. The van der Waals surface area contributed by atoms with Crippen LogP contribution in [-0.2, 0) is 9.59 Å². The first-order chi connectivity index (χ1) is 9.63. The van der Waals surface area contributed by atoms with Gasteiger partial charge in [-0.2, -0.15) is 0 Å². The van der Waals surface area contributed by atoms with Gasteiger partial charge in [-0.05, 0) is 37.6 Å². The molecule has 20 heavy (non-hydrogen) atoms. The summed E-state index contributed by atoms with van der Waals surface area (Å²) in [6.45, 7) is 0.855. The normalized spacial score (nSPS) is 21.7. The molecule has 1 aromatic carbocycles. The number of nitrogens with one attached hydrogen (secondary N) is 3. The lowest BCUT2D eigenvalue weighted by molar-refractivity contribution is -0.123. The third-order valence-electron chi connectivity index (χ3n) is 3.55. The SMILES string of the molecule is O=C1CC(=O)Nc2cc(C(=O)C3CCCN3)ccc2N1. The smallest absolute Gasteiger partial charge is 0.233 e. The molecule has 3 rings (SSSR count). The van der Waals surface area contributed by atoms with Crippen LogP contribution in [0, 0.1) is 0 Å². The lowest BCUT2D eigenvalue weighted by Crippen LogP contribution is -2.30. The number of amides is 2. The second-order valence-electron chi connectivity index (χ2n) is 5.05. The molecule has 1 atom stereocenters. The summed E-state index contributed by atoms with van der Waals surface area (Å²) < 4.78 is 0. The van der Waals surface area contributed by atoms with Crippen molar-refractivity contribution in [3.05, 3.63) is 23.8 Å². The molecule has 0 radical (unpaired) electrons. The summed E-state index contributed by atoms with van der Waals surface area (Å²) >= 11 is 0. The summed E-state index contributed by atoms with van der Waals surface area (Å²) in [4.78, 5) is 35.3. The van der Waals surface area contributed by atoms with Crippen molar-refractivity contribution in [3.8, 4) is 0 Å². The van der Waals surface area contributed by atoms with Gasteiger partial charge in [0, 0.05) is 5.56 Å². The summed E-state index contributed by atoms with van der Waals surface area (Å²) in [6.07, 6.45) is 1.62. The molecular weight excluding hydrogens is 258 g/mol. The Morgan fingerprint density at radius 1 is 1.10 bits per heavy atom. The maximum atomic E-state index is 12.3. The predicted molar refractivity (Wildman–Crippen MR) is 73.7 cm³/mol. The van der Waals surface area contributed by atoms with Crippen molar-refractivity contribution >= 4 is 29.0 Å². The zero-order valence-corrected chi connectivity index (χ0v) is 10.9. The molecule has 2 amide bonds. The van der Waals surface area contributed by atoms with Crippen LogP contribution in [0.3, 0.4) is 0 Å². The van der Waals surface area contributed by atoms with E-state index in [4.69, 9.17) is 0 Å². The highest BCUT2D eigenvalue weighted by Crippen LogP contribution is 2.27. The molecule has 2 heterocycles. The van der Waals surface area contributed by atoms with Crippen LogP contribution in [0.1, 0.15) is 29.6 Å². The number of hydrogen-bond acceptors (Lipinski definition) is 4. The fourth-order valence-electron chi connectivity index (χ4n) is 2.55. The monoisotopic (exact) mass is 273 g/mol. The molecule has 1 aromatic rings. The Labute approximate surface area is 115 Å². The first-order valence-electron chi connectivity index (χ1n) is 6.65. The molecular formula is C14H15N3O3. The third-order valence-corrected chi connectivity index (χ3v) is 3.55. The number of rotatable bonds is 2. The number of fused-ring (bicyclic) bond motifs is 1. The van der Waals surface area contributed by atoms with E-state index >= 15 is 0 Å². The van der Waals surface area contributed by atoms with Crippen LogP contribution in [0.5, 0.6) is 0 Å². The Balaban J connectivity index is 1.90. The van der Waals surface area contributed by atoms with E-state index in [1.165, 1.54) is 0 Å². The van der Waals surface area contributed by atoms with Crippen LogP contribution in [0.2, 0.25) is 0 Å². The molecule has 104 valence electrons. The highest BCUT2D eigenvalue weighted by atomic mass is 16.2. The number of benzene rings is 1. The number of anilines is 2. The predicted octanol–water partition coefficient (Wildman–Crippen LogP) is 0.902. The van der Waals surface area contributed by atoms with Gasteiger partial charge in [0.15, 0.2) is 5.78 Å².